The molecule has 1 aliphatic rings. The van der Waals surface area contributed by atoms with E-state index in [0.29, 0.717) is 34.7 Å². The zero-order valence-electron chi connectivity index (χ0n) is 13.0. The number of halogens is 2. The molecule has 1 aliphatic heterocycles. The Kier molecular flexibility index (Phi) is 5.56. The van der Waals surface area contributed by atoms with Crippen molar-refractivity contribution >= 4 is 33.0 Å². The predicted octanol–water partition coefficient (Wildman–Crippen LogP) is 3.09. The molecule has 130 valence electrons. The maximum absolute atomic E-state index is 12.9. The molecule has 8 heteroatoms. The number of thiophene rings is 1. The fraction of sp³-hybridized carbons (Fsp3) is 0.375. The van der Waals surface area contributed by atoms with E-state index in [4.69, 9.17) is 11.6 Å². The second kappa shape index (κ2) is 7.49. The molecule has 1 aromatic heterocycles. The van der Waals surface area contributed by atoms with E-state index in [1.165, 1.54) is 16.4 Å². The third kappa shape index (κ3) is 4.15. The van der Waals surface area contributed by atoms with Gasteiger partial charge in [0.05, 0.1) is 4.34 Å². The van der Waals surface area contributed by atoms with Gasteiger partial charge in [-0.1, -0.05) is 23.7 Å². The third-order valence-corrected chi connectivity index (χ3v) is 7.70. The second-order valence-electron chi connectivity index (χ2n) is 5.68. The molecule has 0 amide bonds. The topological polar surface area (TPSA) is 40.6 Å². The minimum atomic E-state index is -3.44. The summed E-state index contributed by atoms with van der Waals surface area (Å²) in [6.07, 6.45) is 0.827. The lowest BCUT2D eigenvalue weighted by molar-refractivity contribution is 0.190. The molecular weight excluding hydrogens is 371 g/mol. The Morgan fingerprint density at radius 3 is 2.29 bits per heavy atom. The van der Waals surface area contributed by atoms with E-state index in [9.17, 15) is 12.8 Å². The lowest BCUT2D eigenvalue weighted by Gasteiger charge is -2.33. The normalized spacial score (nSPS) is 17.2. The molecule has 1 saturated heterocycles. The van der Waals surface area contributed by atoms with Crippen molar-refractivity contribution in [3.8, 4) is 0 Å². The number of benzene rings is 1. The Labute approximate surface area is 150 Å². The summed E-state index contributed by atoms with van der Waals surface area (Å²) in [5.74, 6) is -0.230. The van der Waals surface area contributed by atoms with Crippen molar-refractivity contribution in [1.29, 1.82) is 0 Å². The summed E-state index contributed by atoms with van der Waals surface area (Å²) < 4.78 is 40.3. The summed E-state index contributed by atoms with van der Waals surface area (Å²) in [6, 6.07) is 9.67. The van der Waals surface area contributed by atoms with Crippen LogP contribution in [0.15, 0.2) is 40.6 Å². The lowest BCUT2D eigenvalue weighted by Crippen LogP contribution is -2.48. The van der Waals surface area contributed by atoms with Crippen LogP contribution in [0.4, 0.5) is 4.39 Å². The largest absolute Gasteiger partial charge is 0.300 e. The first-order chi connectivity index (χ1) is 11.4. The van der Waals surface area contributed by atoms with Gasteiger partial charge in [-0.15, -0.1) is 11.3 Å². The fourth-order valence-electron chi connectivity index (χ4n) is 2.70. The molecule has 0 saturated carbocycles. The number of piperazine rings is 1. The molecule has 0 radical (unpaired) electrons. The van der Waals surface area contributed by atoms with Crippen LogP contribution in [-0.2, 0) is 16.4 Å². The van der Waals surface area contributed by atoms with E-state index in [-0.39, 0.29) is 5.82 Å². The van der Waals surface area contributed by atoms with E-state index < -0.39 is 10.0 Å². The van der Waals surface area contributed by atoms with Crippen LogP contribution in [0.5, 0.6) is 0 Å². The van der Waals surface area contributed by atoms with Gasteiger partial charge in [0.1, 0.15) is 10.0 Å². The second-order valence-corrected chi connectivity index (χ2v) is 9.56. The van der Waals surface area contributed by atoms with Crippen LogP contribution in [0.2, 0.25) is 4.34 Å². The Morgan fingerprint density at radius 1 is 1.04 bits per heavy atom. The van der Waals surface area contributed by atoms with Crippen LogP contribution in [0.25, 0.3) is 0 Å². The molecule has 1 fully saturated rings. The average molecular weight is 389 g/mol. The smallest absolute Gasteiger partial charge is 0.252 e. The number of rotatable bonds is 5. The number of nitrogens with zero attached hydrogens (tertiary/aromatic N) is 2. The first-order valence-electron chi connectivity index (χ1n) is 7.67. The molecule has 0 N–H and O–H groups in total. The summed E-state index contributed by atoms with van der Waals surface area (Å²) >= 11 is 6.93. The van der Waals surface area contributed by atoms with Gasteiger partial charge in [0.2, 0.25) is 0 Å². The highest BCUT2D eigenvalue weighted by atomic mass is 35.5. The Morgan fingerprint density at radius 2 is 1.71 bits per heavy atom. The Bertz CT molecular complexity index is 785. The van der Waals surface area contributed by atoms with E-state index in [1.807, 2.05) is 0 Å². The molecule has 1 aromatic carbocycles. The van der Waals surface area contributed by atoms with Crippen molar-refractivity contribution in [1.82, 2.24) is 9.21 Å². The van der Waals surface area contributed by atoms with E-state index in [0.717, 1.165) is 29.9 Å². The van der Waals surface area contributed by atoms with E-state index in [2.05, 4.69) is 4.90 Å². The molecule has 2 heterocycles. The molecule has 0 bridgehead atoms. The number of hydrogen-bond acceptors (Lipinski definition) is 4. The quantitative estimate of drug-likeness (QED) is 0.790. The fourth-order valence-corrected chi connectivity index (χ4v) is 5.75. The van der Waals surface area contributed by atoms with Gasteiger partial charge in [-0.05, 0) is 36.2 Å². The zero-order chi connectivity index (χ0) is 17.2. The zero-order valence-corrected chi connectivity index (χ0v) is 15.4. The lowest BCUT2D eigenvalue weighted by atomic mass is 10.1. The van der Waals surface area contributed by atoms with Crippen molar-refractivity contribution in [3.05, 3.63) is 52.1 Å². The summed E-state index contributed by atoms with van der Waals surface area (Å²) in [5, 5.41) is 0. The highest BCUT2D eigenvalue weighted by Crippen LogP contribution is 2.28. The van der Waals surface area contributed by atoms with E-state index >= 15 is 0 Å². The molecular formula is C16H18ClFN2O2S2. The van der Waals surface area contributed by atoms with Gasteiger partial charge in [0.25, 0.3) is 10.0 Å². The molecule has 0 spiro atoms. The SMILES string of the molecule is O=S(=O)(c1ccc(Cl)s1)N1CCN(CCc2ccc(F)cc2)CC1. The van der Waals surface area contributed by atoms with Crippen LogP contribution in [0, 0.1) is 5.82 Å². The molecule has 0 aliphatic carbocycles. The summed E-state index contributed by atoms with van der Waals surface area (Å²) in [4.78, 5) is 2.23. The highest BCUT2D eigenvalue weighted by molar-refractivity contribution is 7.91. The first kappa shape index (κ1) is 17.8. The van der Waals surface area contributed by atoms with Gasteiger partial charge >= 0.3 is 0 Å². The summed E-state index contributed by atoms with van der Waals surface area (Å²) in [7, 11) is -3.44. The maximum Gasteiger partial charge on any atom is 0.252 e. The van der Waals surface area contributed by atoms with Crippen LogP contribution < -0.4 is 0 Å². The monoisotopic (exact) mass is 388 g/mol. The van der Waals surface area contributed by atoms with Crippen molar-refractivity contribution in [2.24, 2.45) is 0 Å². The standard InChI is InChI=1S/C16H18ClFN2O2S2/c17-15-5-6-16(23-15)24(21,22)20-11-9-19(10-12-20)8-7-13-1-3-14(18)4-2-13/h1-6H,7-12H2. The number of hydrogen-bond donors (Lipinski definition) is 0. The van der Waals surface area contributed by atoms with Gasteiger partial charge < -0.3 is 4.90 Å². The minimum absolute atomic E-state index is 0.230. The molecule has 3 rings (SSSR count). The van der Waals surface area contributed by atoms with Gasteiger partial charge in [0, 0.05) is 32.7 Å². The Balaban J connectivity index is 1.53. The maximum atomic E-state index is 12.9. The van der Waals surface area contributed by atoms with E-state index in [1.54, 1.807) is 24.3 Å². The van der Waals surface area contributed by atoms with Crippen LogP contribution in [-0.4, -0.2) is 50.3 Å². The van der Waals surface area contributed by atoms with Gasteiger partial charge in [0.15, 0.2) is 0 Å². The molecule has 0 unspecified atom stereocenters. The summed E-state index contributed by atoms with van der Waals surface area (Å²) in [6.45, 7) is 3.17. The van der Waals surface area contributed by atoms with Gasteiger partial charge in [-0.25, -0.2) is 12.8 Å². The molecule has 24 heavy (non-hydrogen) atoms. The Hall–Kier alpha value is -0.990. The summed E-state index contributed by atoms with van der Waals surface area (Å²) in [5.41, 5.74) is 1.08. The average Bonchev–Trinajstić information content (AvgIpc) is 3.02. The van der Waals surface area contributed by atoms with Gasteiger partial charge in [-0.3, -0.25) is 0 Å². The van der Waals surface area contributed by atoms with Gasteiger partial charge in [-0.2, -0.15) is 4.31 Å². The molecule has 0 atom stereocenters. The highest BCUT2D eigenvalue weighted by Gasteiger charge is 2.29. The van der Waals surface area contributed by atoms with Crippen LogP contribution in [0.3, 0.4) is 0 Å². The number of sulfonamides is 1. The van der Waals surface area contributed by atoms with Crippen LogP contribution in [0.1, 0.15) is 5.56 Å². The van der Waals surface area contributed by atoms with Crippen LogP contribution >= 0.6 is 22.9 Å². The van der Waals surface area contributed by atoms with Crippen molar-refractivity contribution < 1.29 is 12.8 Å². The molecule has 2 aromatic rings. The van der Waals surface area contributed by atoms with Crippen molar-refractivity contribution in [3.63, 3.8) is 0 Å². The van der Waals surface area contributed by atoms with Crippen molar-refractivity contribution in [2.75, 3.05) is 32.7 Å². The first-order valence-corrected chi connectivity index (χ1v) is 10.3. The van der Waals surface area contributed by atoms with Crippen molar-refractivity contribution in [2.45, 2.75) is 10.6 Å². The molecule has 4 nitrogen and oxygen atoms in total. The predicted molar refractivity (Wildman–Crippen MR) is 94.6 cm³/mol. The third-order valence-electron chi connectivity index (χ3n) is 4.10. The minimum Gasteiger partial charge on any atom is -0.300 e.